The number of anilines is 1. The van der Waals surface area contributed by atoms with E-state index in [0.29, 0.717) is 0 Å². The van der Waals surface area contributed by atoms with Crippen LogP contribution in [0, 0.1) is 10.1 Å². The third kappa shape index (κ3) is 3.83. The summed E-state index contributed by atoms with van der Waals surface area (Å²) in [4.78, 5) is 23.1. The van der Waals surface area contributed by atoms with Crippen molar-refractivity contribution in [2.24, 2.45) is 0 Å². The Morgan fingerprint density at radius 2 is 1.75 bits per heavy atom. The molecule has 0 aliphatic carbocycles. The largest absolute Gasteiger partial charge is 0.320 e. The average molecular weight is 288 g/mol. The van der Waals surface area contributed by atoms with Crippen molar-refractivity contribution in [1.82, 2.24) is 0 Å². The Kier molecular flexibility index (Phi) is 4.73. The third-order valence-corrected chi connectivity index (χ3v) is 3.50. The number of thioether (sulfide) groups is 1. The molecule has 0 saturated carbocycles. The second-order valence-electron chi connectivity index (χ2n) is 3.92. The summed E-state index contributed by atoms with van der Waals surface area (Å²) in [6, 6.07) is 15.6. The van der Waals surface area contributed by atoms with Crippen molar-refractivity contribution in [1.29, 1.82) is 0 Å². The molecular weight excluding hydrogens is 276 g/mol. The molecule has 0 spiro atoms. The lowest BCUT2D eigenvalue weighted by Gasteiger charge is -2.05. The van der Waals surface area contributed by atoms with Gasteiger partial charge in [0, 0.05) is 11.0 Å². The van der Waals surface area contributed by atoms with Crippen LogP contribution >= 0.6 is 11.8 Å². The van der Waals surface area contributed by atoms with E-state index in [2.05, 4.69) is 5.32 Å². The molecule has 102 valence electrons. The second kappa shape index (κ2) is 6.72. The molecule has 0 atom stereocenters. The lowest BCUT2D eigenvalue weighted by Crippen LogP contribution is -2.15. The highest BCUT2D eigenvalue weighted by molar-refractivity contribution is 8.00. The van der Waals surface area contributed by atoms with Crippen LogP contribution in [0.1, 0.15) is 0 Å². The van der Waals surface area contributed by atoms with Crippen LogP contribution in [0.3, 0.4) is 0 Å². The number of nitrogens with zero attached hydrogens (tertiary/aromatic N) is 1. The van der Waals surface area contributed by atoms with Gasteiger partial charge < -0.3 is 5.32 Å². The monoisotopic (exact) mass is 288 g/mol. The van der Waals surface area contributed by atoms with Crippen molar-refractivity contribution in [3.8, 4) is 0 Å². The molecule has 0 aliphatic rings. The summed E-state index contributed by atoms with van der Waals surface area (Å²) in [5, 5.41) is 13.4. The summed E-state index contributed by atoms with van der Waals surface area (Å²) in [6.45, 7) is 0. The van der Waals surface area contributed by atoms with Crippen LogP contribution in [-0.4, -0.2) is 16.6 Å². The Labute approximate surface area is 120 Å². The van der Waals surface area contributed by atoms with Crippen molar-refractivity contribution >= 4 is 29.0 Å². The smallest absolute Gasteiger partial charge is 0.292 e. The van der Waals surface area contributed by atoms with E-state index in [9.17, 15) is 14.9 Å². The van der Waals surface area contributed by atoms with Gasteiger partial charge in [-0.25, -0.2) is 0 Å². The maximum absolute atomic E-state index is 11.8. The molecule has 2 aromatic carbocycles. The zero-order valence-electron chi connectivity index (χ0n) is 10.5. The molecule has 0 unspecified atom stereocenters. The highest BCUT2D eigenvalue weighted by Gasteiger charge is 2.14. The van der Waals surface area contributed by atoms with Crippen molar-refractivity contribution in [2.45, 2.75) is 4.90 Å². The van der Waals surface area contributed by atoms with Crippen LogP contribution in [0.4, 0.5) is 11.4 Å². The SMILES string of the molecule is O=C(CSc1ccccc1)Nc1ccccc1[N+](=O)[O-]. The van der Waals surface area contributed by atoms with Gasteiger partial charge in [0.05, 0.1) is 10.7 Å². The first-order valence-corrected chi connectivity index (χ1v) is 6.86. The second-order valence-corrected chi connectivity index (χ2v) is 4.97. The lowest BCUT2D eigenvalue weighted by atomic mass is 10.2. The Morgan fingerprint density at radius 1 is 1.10 bits per heavy atom. The van der Waals surface area contributed by atoms with E-state index >= 15 is 0 Å². The molecule has 0 radical (unpaired) electrons. The number of carbonyl (C=O) groups is 1. The van der Waals surface area contributed by atoms with E-state index in [1.807, 2.05) is 30.3 Å². The Bertz CT molecular complexity index is 617. The minimum atomic E-state index is -0.514. The van der Waals surface area contributed by atoms with E-state index in [4.69, 9.17) is 0 Å². The molecule has 1 N–H and O–H groups in total. The number of nitro groups is 1. The normalized spacial score (nSPS) is 10.0. The number of hydrogen-bond donors (Lipinski definition) is 1. The van der Waals surface area contributed by atoms with Crippen molar-refractivity contribution in [3.05, 3.63) is 64.7 Å². The van der Waals surface area contributed by atoms with Gasteiger partial charge in [-0.15, -0.1) is 11.8 Å². The maximum atomic E-state index is 11.8. The van der Waals surface area contributed by atoms with Crippen molar-refractivity contribution in [3.63, 3.8) is 0 Å². The molecule has 0 aromatic heterocycles. The fourth-order valence-electron chi connectivity index (χ4n) is 1.59. The lowest BCUT2D eigenvalue weighted by molar-refractivity contribution is -0.383. The highest BCUT2D eigenvalue weighted by Crippen LogP contribution is 2.24. The minimum absolute atomic E-state index is 0.106. The van der Waals surface area contributed by atoms with Crippen LogP contribution in [0.5, 0.6) is 0 Å². The summed E-state index contributed by atoms with van der Waals surface area (Å²) in [7, 11) is 0. The van der Waals surface area contributed by atoms with Gasteiger partial charge in [0.15, 0.2) is 0 Å². The Hall–Kier alpha value is -2.34. The molecule has 20 heavy (non-hydrogen) atoms. The van der Waals surface area contributed by atoms with Gasteiger partial charge in [-0.3, -0.25) is 14.9 Å². The first kappa shape index (κ1) is 14.1. The summed E-state index contributed by atoms with van der Waals surface area (Å²) in [5.41, 5.74) is 0.113. The molecule has 1 amide bonds. The van der Waals surface area contributed by atoms with E-state index in [-0.39, 0.29) is 23.0 Å². The molecular formula is C14H12N2O3S. The molecule has 0 bridgehead atoms. The first-order valence-electron chi connectivity index (χ1n) is 5.88. The van der Waals surface area contributed by atoms with Crippen LogP contribution in [0.25, 0.3) is 0 Å². The molecule has 2 aromatic rings. The van der Waals surface area contributed by atoms with E-state index in [1.165, 1.54) is 23.9 Å². The zero-order valence-corrected chi connectivity index (χ0v) is 11.3. The van der Waals surface area contributed by atoms with Crippen molar-refractivity contribution < 1.29 is 9.72 Å². The maximum Gasteiger partial charge on any atom is 0.292 e. The number of amides is 1. The van der Waals surface area contributed by atoms with E-state index < -0.39 is 4.92 Å². The summed E-state index contributed by atoms with van der Waals surface area (Å²) in [6.07, 6.45) is 0. The number of hydrogen-bond acceptors (Lipinski definition) is 4. The predicted molar refractivity (Wildman–Crippen MR) is 78.9 cm³/mol. The molecule has 0 saturated heterocycles. The van der Waals surface area contributed by atoms with Crippen LogP contribution in [0.2, 0.25) is 0 Å². The number of nitrogens with one attached hydrogen (secondary N) is 1. The van der Waals surface area contributed by atoms with Crippen LogP contribution in [-0.2, 0) is 4.79 Å². The topological polar surface area (TPSA) is 72.2 Å². The Morgan fingerprint density at radius 3 is 2.45 bits per heavy atom. The number of carbonyl (C=O) groups excluding carboxylic acids is 1. The molecule has 2 rings (SSSR count). The van der Waals surface area contributed by atoms with Gasteiger partial charge in [-0.2, -0.15) is 0 Å². The summed E-state index contributed by atoms with van der Waals surface area (Å²) >= 11 is 1.38. The number of rotatable bonds is 5. The Balaban J connectivity index is 1.97. The molecule has 5 nitrogen and oxygen atoms in total. The minimum Gasteiger partial charge on any atom is -0.320 e. The summed E-state index contributed by atoms with van der Waals surface area (Å²) in [5.74, 6) is -0.0658. The predicted octanol–water partition coefficient (Wildman–Crippen LogP) is 3.33. The van der Waals surface area contributed by atoms with Crippen molar-refractivity contribution in [2.75, 3.05) is 11.1 Å². The van der Waals surface area contributed by atoms with Gasteiger partial charge >= 0.3 is 0 Å². The molecule has 0 fully saturated rings. The number of para-hydroxylation sites is 2. The molecule has 0 aliphatic heterocycles. The fourth-order valence-corrected chi connectivity index (χ4v) is 2.31. The first-order chi connectivity index (χ1) is 9.66. The number of nitro benzene ring substituents is 1. The van der Waals surface area contributed by atoms with E-state index in [1.54, 1.807) is 12.1 Å². The average Bonchev–Trinajstić information content (AvgIpc) is 2.46. The number of benzene rings is 2. The van der Waals surface area contributed by atoms with Gasteiger partial charge in [0.25, 0.3) is 5.69 Å². The van der Waals surface area contributed by atoms with Crippen LogP contribution in [0.15, 0.2) is 59.5 Å². The fraction of sp³-hybridized carbons (Fsp3) is 0.0714. The highest BCUT2D eigenvalue weighted by atomic mass is 32.2. The van der Waals surface area contributed by atoms with Gasteiger partial charge in [-0.05, 0) is 18.2 Å². The quantitative estimate of drug-likeness (QED) is 0.520. The third-order valence-electron chi connectivity index (χ3n) is 2.49. The molecule has 0 heterocycles. The zero-order chi connectivity index (χ0) is 14.4. The van der Waals surface area contributed by atoms with Gasteiger partial charge in [0.2, 0.25) is 5.91 Å². The molecule has 6 heteroatoms. The summed E-state index contributed by atoms with van der Waals surface area (Å²) < 4.78 is 0. The van der Waals surface area contributed by atoms with E-state index in [0.717, 1.165) is 4.90 Å². The van der Waals surface area contributed by atoms with Gasteiger partial charge in [-0.1, -0.05) is 30.3 Å². The van der Waals surface area contributed by atoms with Crippen LogP contribution < -0.4 is 5.32 Å². The standard InChI is InChI=1S/C14H12N2O3S/c17-14(10-20-11-6-2-1-3-7-11)15-12-8-4-5-9-13(12)16(18)19/h1-9H,10H2,(H,15,17). The van der Waals surface area contributed by atoms with Gasteiger partial charge in [0.1, 0.15) is 5.69 Å².